The van der Waals surface area contributed by atoms with E-state index in [9.17, 15) is 9.59 Å². The Morgan fingerprint density at radius 2 is 1.70 bits per heavy atom. The van der Waals surface area contributed by atoms with Crippen LogP contribution in [-0.2, 0) is 6.42 Å². The van der Waals surface area contributed by atoms with E-state index < -0.39 is 0 Å². The number of thiazole rings is 1. The number of hydrogen-bond donors (Lipinski definition) is 2. The molecule has 0 radical (unpaired) electrons. The highest BCUT2D eigenvalue weighted by Gasteiger charge is 2.13. The monoisotopic (exact) mass is 379 g/mol. The minimum absolute atomic E-state index is 0.250. The number of carbonyl (C=O) groups is 2. The maximum atomic E-state index is 12.4. The van der Waals surface area contributed by atoms with Gasteiger partial charge in [-0.05, 0) is 42.7 Å². The molecule has 1 aromatic heterocycles. The molecule has 5 nitrogen and oxygen atoms in total. The van der Waals surface area contributed by atoms with Gasteiger partial charge in [-0.25, -0.2) is 4.98 Å². The van der Waals surface area contributed by atoms with Gasteiger partial charge in [-0.2, -0.15) is 0 Å². The zero-order chi connectivity index (χ0) is 19.1. The Morgan fingerprint density at radius 1 is 0.963 bits per heavy atom. The summed E-state index contributed by atoms with van der Waals surface area (Å²) in [6, 6.07) is 16.7. The number of carbonyl (C=O) groups excluding carboxylic acids is 2. The predicted molar refractivity (Wildman–Crippen MR) is 110 cm³/mol. The molecule has 0 spiro atoms. The number of anilines is 2. The third kappa shape index (κ3) is 5.24. The average molecular weight is 379 g/mol. The van der Waals surface area contributed by atoms with E-state index in [4.69, 9.17) is 0 Å². The Kier molecular flexibility index (Phi) is 6.33. The zero-order valence-corrected chi connectivity index (χ0v) is 15.9. The molecule has 0 unspecified atom stereocenters. The third-order valence-electron chi connectivity index (χ3n) is 4.02. The lowest BCUT2D eigenvalue weighted by Gasteiger charge is -2.05. The van der Waals surface area contributed by atoms with Crippen molar-refractivity contribution in [1.82, 2.24) is 4.98 Å². The smallest absolute Gasteiger partial charge is 0.275 e. The number of unbranched alkanes of at least 4 members (excludes halogenated alkanes) is 1. The standard InChI is InChI=1S/C21H21N3O2S/c1-2-3-7-15-10-12-17(13-11-15)22-20(26)18-14-27-21(23-18)24-19(25)16-8-5-4-6-9-16/h4-6,8-14H,2-3,7H2,1H3,(H,22,26)(H,23,24,25). The molecular weight excluding hydrogens is 358 g/mol. The van der Waals surface area contributed by atoms with E-state index in [1.54, 1.807) is 29.6 Å². The first-order valence-electron chi connectivity index (χ1n) is 8.88. The number of hydrogen-bond acceptors (Lipinski definition) is 4. The van der Waals surface area contributed by atoms with Crippen LogP contribution in [0.25, 0.3) is 0 Å². The minimum atomic E-state index is -0.298. The second-order valence-electron chi connectivity index (χ2n) is 6.11. The van der Waals surface area contributed by atoms with Crippen molar-refractivity contribution >= 4 is 34.0 Å². The van der Waals surface area contributed by atoms with Crippen LogP contribution >= 0.6 is 11.3 Å². The fraction of sp³-hybridized carbons (Fsp3) is 0.190. The van der Waals surface area contributed by atoms with Gasteiger partial charge in [-0.1, -0.05) is 43.7 Å². The van der Waals surface area contributed by atoms with Gasteiger partial charge in [-0.15, -0.1) is 11.3 Å². The van der Waals surface area contributed by atoms with Crippen LogP contribution < -0.4 is 10.6 Å². The number of nitrogens with zero attached hydrogens (tertiary/aromatic N) is 1. The van der Waals surface area contributed by atoms with Crippen molar-refractivity contribution in [3.05, 3.63) is 76.8 Å². The summed E-state index contributed by atoms with van der Waals surface area (Å²) in [7, 11) is 0. The van der Waals surface area contributed by atoms with Gasteiger partial charge in [0.2, 0.25) is 0 Å². The maximum Gasteiger partial charge on any atom is 0.275 e. The number of aryl methyl sites for hydroxylation is 1. The van der Waals surface area contributed by atoms with Gasteiger partial charge in [0, 0.05) is 16.6 Å². The highest BCUT2D eigenvalue weighted by molar-refractivity contribution is 7.14. The highest BCUT2D eigenvalue weighted by Crippen LogP contribution is 2.18. The summed E-state index contributed by atoms with van der Waals surface area (Å²) in [5.74, 6) is -0.549. The van der Waals surface area contributed by atoms with Gasteiger partial charge in [-0.3, -0.25) is 14.9 Å². The lowest BCUT2D eigenvalue weighted by atomic mass is 10.1. The summed E-state index contributed by atoms with van der Waals surface area (Å²) in [5, 5.41) is 7.57. The fourth-order valence-corrected chi connectivity index (χ4v) is 3.21. The Balaban J connectivity index is 1.59. The lowest BCUT2D eigenvalue weighted by Crippen LogP contribution is -2.14. The molecular formula is C21H21N3O2S. The zero-order valence-electron chi connectivity index (χ0n) is 15.1. The summed E-state index contributed by atoms with van der Waals surface area (Å²) in [5.41, 5.74) is 2.80. The van der Waals surface area contributed by atoms with Crippen molar-refractivity contribution < 1.29 is 9.59 Å². The van der Waals surface area contributed by atoms with Crippen LogP contribution in [0.1, 0.15) is 46.2 Å². The first kappa shape index (κ1) is 18.8. The van der Waals surface area contributed by atoms with Crippen molar-refractivity contribution in [2.24, 2.45) is 0 Å². The quantitative estimate of drug-likeness (QED) is 0.607. The maximum absolute atomic E-state index is 12.4. The number of nitrogens with one attached hydrogen (secondary N) is 2. The largest absolute Gasteiger partial charge is 0.321 e. The molecule has 2 aromatic carbocycles. The van der Waals surface area contributed by atoms with Crippen molar-refractivity contribution in [1.29, 1.82) is 0 Å². The molecule has 0 saturated heterocycles. The third-order valence-corrected chi connectivity index (χ3v) is 4.78. The van der Waals surface area contributed by atoms with Crippen LogP contribution in [0.3, 0.4) is 0 Å². The summed E-state index contributed by atoms with van der Waals surface area (Å²) in [6.45, 7) is 2.17. The van der Waals surface area contributed by atoms with Gasteiger partial charge in [0.25, 0.3) is 11.8 Å². The molecule has 0 bridgehead atoms. The van der Waals surface area contributed by atoms with Crippen LogP contribution in [0.4, 0.5) is 10.8 Å². The first-order valence-corrected chi connectivity index (χ1v) is 9.76. The van der Waals surface area contributed by atoms with E-state index in [-0.39, 0.29) is 17.5 Å². The number of amides is 2. The Hall–Kier alpha value is -2.99. The molecule has 6 heteroatoms. The number of benzene rings is 2. The molecule has 138 valence electrons. The van der Waals surface area contributed by atoms with Crippen LogP contribution in [0.5, 0.6) is 0 Å². The normalized spacial score (nSPS) is 10.4. The highest BCUT2D eigenvalue weighted by atomic mass is 32.1. The number of rotatable bonds is 7. The molecule has 0 aliphatic rings. The van der Waals surface area contributed by atoms with Crippen molar-refractivity contribution in [2.75, 3.05) is 10.6 Å². The Bertz CT molecular complexity index is 905. The van der Waals surface area contributed by atoms with Crippen LogP contribution in [0, 0.1) is 0 Å². The molecule has 2 amide bonds. The van der Waals surface area contributed by atoms with Crippen LogP contribution in [0.15, 0.2) is 60.0 Å². The summed E-state index contributed by atoms with van der Waals surface area (Å²) < 4.78 is 0. The molecule has 0 fully saturated rings. The summed E-state index contributed by atoms with van der Waals surface area (Å²) in [6.07, 6.45) is 3.36. The molecule has 27 heavy (non-hydrogen) atoms. The van der Waals surface area contributed by atoms with E-state index in [0.717, 1.165) is 24.9 Å². The van der Waals surface area contributed by atoms with Gasteiger partial charge in [0.15, 0.2) is 5.13 Å². The average Bonchev–Trinajstić information content (AvgIpc) is 3.17. The van der Waals surface area contributed by atoms with E-state index in [1.165, 1.54) is 16.9 Å². The van der Waals surface area contributed by atoms with Crippen molar-refractivity contribution in [3.8, 4) is 0 Å². The van der Waals surface area contributed by atoms with Gasteiger partial charge in [0.1, 0.15) is 5.69 Å². The molecule has 0 saturated carbocycles. The van der Waals surface area contributed by atoms with Gasteiger partial charge in [0.05, 0.1) is 0 Å². The molecule has 0 atom stereocenters. The number of aromatic nitrogens is 1. The molecule has 1 heterocycles. The topological polar surface area (TPSA) is 71.1 Å². The Morgan fingerprint density at radius 3 is 2.41 bits per heavy atom. The summed E-state index contributed by atoms with van der Waals surface area (Å²) >= 11 is 1.22. The second kappa shape index (κ2) is 9.09. The predicted octanol–water partition coefficient (Wildman–Crippen LogP) is 4.99. The van der Waals surface area contributed by atoms with Crippen LogP contribution in [-0.4, -0.2) is 16.8 Å². The molecule has 3 aromatic rings. The van der Waals surface area contributed by atoms with Crippen LogP contribution in [0.2, 0.25) is 0 Å². The summed E-state index contributed by atoms with van der Waals surface area (Å²) in [4.78, 5) is 28.7. The fourth-order valence-electron chi connectivity index (χ4n) is 2.53. The van der Waals surface area contributed by atoms with Crippen molar-refractivity contribution in [2.45, 2.75) is 26.2 Å². The lowest BCUT2D eigenvalue weighted by molar-refractivity contribution is 0.101. The SMILES string of the molecule is CCCCc1ccc(NC(=O)c2csc(NC(=O)c3ccccc3)n2)cc1. The first-order chi connectivity index (χ1) is 13.2. The van der Waals surface area contributed by atoms with Gasteiger partial charge < -0.3 is 5.32 Å². The van der Waals surface area contributed by atoms with E-state index in [1.807, 2.05) is 30.3 Å². The minimum Gasteiger partial charge on any atom is -0.321 e. The van der Waals surface area contributed by atoms with Gasteiger partial charge >= 0.3 is 0 Å². The van der Waals surface area contributed by atoms with E-state index in [2.05, 4.69) is 22.5 Å². The molecule has 0 aliphatic carbocycles. The molecule has 2 N–H and O–H groups in total. The van der Waals surface area contributed by atoms with E-state index in [0.29, 0.717) is 10.7 Å². The second-order valence-corrected chi connectivity index (χ2v) is 6.97. The van der Waals surface area contributed by atoms with E-state index >= 15 is 0 Å². The molecule has 0 aliphatic heterocycles. The molecule has 3 rings (SSSR count). The van der Waals surface area contributed by atoms with Crippen molar-refractivity contribution in [3.63, 3.8) is 0 Å². The Labute approximate surface area is 162 Å².